The van der Waals surface area contributed by atoms with Crippen LogP contribution >= 0.6 is 0 Å². The molecule has 1 aliphatic heterocycles. The molecule has 0 saturated carbocycles. The average Bonchev–Trinajstić information content (AvgIpc) is 2.91. The number of halogens is 1. The summed E-state index contributed by atoms with van der Waals surface area (Å²) in [6.45, 7) is 2.77. The summed E-state index contributed by atoms with van der Waals surface area (Å²) in [5.74, 6) is -0.425. The van der Waals surface area contributed by atoms with E-state index in [0.717, 1.165) is 43.7 Å². The molecule has 0 radical (unpaired) electrons. The van der Waals surface area contributed by atoms with Crippen LogP contribution in [0.4, 0.5) is 4.39 Å². The lowest BCUT2D eigenvalue weighted by molar-refractivity contribution is 0.0908. The second kappa shape index (κ2) is 10.6. The van der Waals surface area contributed by atoms with Crippen LogP contribution in [0.3, 0.4) is 0 Å². The van der Waals surface area contributed by atoms with Crippen molar-refractivity contribution in [2.75, 3.05) is 13.1 Å². The minimum atomic E-state index is -0.307. The fraction of sp³-hybridized carbons (Fsp3) is 0.207. The van der Waals surface area contributed by atoms with E-state index in [1.807, 2.05) is 24.4 Å². The number of hydrogen-bond acceptors (Lipinski definition) is 4. The van der Waals surface area contributed by atoms with E-state index in [-0.39, 0.29) is 17.8 Å². The maximum atomic E-state index is 13.5. The van der Waals surface area contributed by atoms with Crippen molar-refractivity contribution in [3.8, 4) is 22.5 Å². The van der Waals surface area contributed by atoms with E-state index in [4.69, 9.17) is 0 Å². The zero-order valence-electron chi connectivity index (χ0n) is 19.4. The molecule has 0 bridgehead atoms. The number of benzene rings is 2. The monoisotopic (exact) mass is 466 g/mol. The Labute approximate surface area is 204 Å². The van der Waals surface area contributed by atoms with Crippen molar-refractivity contribution >= 4 is 5.91 Å². The molecule has 1 aliphatic rings. The van der Waals surface area contributed by atoms with Gasteiger partial charge in [0.2, 0.25) is 0 Å². The number of carbonyl (C=O) groups is 1. The SMILES string of the molecule is O=C(NC1CCN(Cc2ccc(-c3ccccn3)cc2)CC1)c1ccc(-c2cccc(F)c2)nc1. The fourth-order valence-corrected chi connectivity index (χ4v) is 4.42. The van der Waals surface area contributed by atoms with Crippen LogP contribution in [0.15, 0.2) is 91.3 Å². The van der Waals surface area contributed by atoms with Gasteiger partial charge in [0, 0.05) is 49.2 Å². The highest BCUT2D eigenvalue weighted by Crippen LogP contribution is 2.20. The minimum Gasteiger partial charge on any atom is -0.349 e. The Morgan fingerprint density at radius 3 is 2.37 bits per heavy atom. The Balaban J connectivity index is 1.11. The van der Waals surface area contributed by atoms with Gasteiger partial charge < -0.3 is 5.32 Å². The smallest absolute Gasteiger partial charge is 0.253 e. The number of amides is 1. The molecule has 1 fully saturated rings. The lowest BCUT2D eigenvalue weighted by atomic mass is 10.0. The number of aromatic nitrogens is 2. The summed E-state index contributed by atoms with van der Waals surface area (Å²) in [6, 6.07) is 24.4. The van der Waals surface area contributed by atoms with Crippen LogP contribution in [0.1, 0.15) is 28.8 Å². The molecule has 5 nitrogen and oxygen atoms in total. The second-order valence-corrected chi connectivity index (χ2v) is 8.88. The average molecular weight is 467 g/mol. The van der Waals surface area contributed by atoms with Crippen molar-refractivity contribution in [2.24, 2.45) is 0 Å². The van der Waals surface area contributed by atoms with Crippen molar-refractivity contribution in [2.45, 2.75) is 25.4 Å². The van der Waals surface area contributed by atoms with Crippen molar-refractivity contribution in [1.29, 1.82) is 0 Å². The van der Waals surface area contributed by atoms with Crippen LogP contribution in [0.2, 0.25) is 0 Å². The molecule has 2 aromatic heterocycles. The Morgan fingerprint density at radius 2 is 1.69 bits per heavy atom. The number of hydrogen-bond donors (Lipinski definition) is 1. The Hall–Kier alpha value is -3.90. The molecule has 176 valence electrons. The molecule has 2 aromatic carbocycles. The molecular formula is C29H27FN4O. The first-order valence-electron chi connectivity index (χ1n) is 11.9. The third-order valence-corrected chi connectivity index (χ3v) is 6.39. The summed E-state index contributed by atoms with van der Waals surface area (Å²) in [5.41, 5.74) is 5.22. The van der Waals surface area contributed by atoms with E-state index in [1.165, 1.54) is 17.7 Å². The topological polar surface area (TPSA) is 58.1 Å². The lowest BCUT2D eigenvalue weighted by Crippen LogP contribution is -2.44. The third kappa shape index (κ3) is 5.78. The summed E-state index contributed by atoms with van der Waals surface area (Å²) >= 11 is 0. The number of nitrogens with one attached hydrogen (secondary N) is 1. The van der Waals surface area contributed by atoms with Crippen LogP contribution in [0, 0.1) is 5.82 Å². The molecule has 1 N–H and O–H groups in total. The zero-order chi connectivity index (χ0) is 24.0. The molecular weight excluding hydrogens is 439 g/mol. The van der Waals surface area contributed by atoms with Crippen molar-refractivity contribution in [3.05, 3.63) is 108 Å². The lowest BCUT2D eigenvalue weighted by Gasteiger charge is -2.32. The number of piperidine rings is 1. The molecule has 1 amide bonds. The zero-order valence-corrected chi connectivity index (χ0v) is 19.4. The maximum absolute atomic E-state index is 13.5. The fourth-order valence-electron chi connectivity index (χ4n) is 4.42. The van der Waals surface area contributed by atoms with Gasteiger partial charge in [0.1, 0.15) is 5.82 Å². The predicted octanol–water partition coefficient (Wildman–Crippen LogP) is 5.34. The van der Waals surface area contributed by atoms with Gasteiger partial charge in [0.05, 0.1) is 17.0 Å². The number of pyridine rings is 2. The third-order valence-electron chi connectivity index (χ3n) is 6.39. The summed E-state index contributed by atoms with van der Waals surface area (Å²) in [5, 5.41) is 3.14. The predicted molar refractivity (Wildman–Crippen MR) is 135 cm³/mol. The maximum Gasteiger partial charge on any atom is 0.253 e. The van der Waals surface area contributed by atoms with Gasteiger partial charge in [-0.2, -0.15) is 0 Å². The molecule has 0 spiro atoms. The molecule has 35 heavy (non-hydrogen) atoms. The number of likely N-dealkylation sites (tertiary alicyclic amines) is 1. The summed E-state index contributed by atoms with van der Waals surface area (Å²) < 4.78 is 13.5. The van der Waals surface area contributed by atoms with Crippen LogP contribution in [-0.2, 0) is 6.54 Å². The quantitative estimate of drug-likeness (QED) is 0.417. The van der Waals surface area contributed by atoms with Crippen molar-refractivity contribution in [1.82, 2.24) is 20.2 Å². The van der Waals surface area contributed by atoms with Gasteiger partial charge in [-0.3, -0.25) is 19.7 Å². The van der Waals surface area contributed by atoms with Crippen LogP contribution in [0.5, 0.6) is 0 Å². The molecule has 4 aromatic rings. The summed E-state index contributed by atoms with van der Waals surface area (Å²) in [4.78, 5) is 23.9. The van der Waals surface area contributed by atoms with Crippen LogP contribution in [0.25, 0.3) is 22.5 Å². The number of nitrogens with zero attached hydrogens (tertiary/aromatic N) is 3. The number of carbonyl (C=O) groups excluding carboxylic acids is 1. The van der Waals surface area contributed by atoms with Gasteiger partial charge >= 0.3 is 0 Å². The molecule has 6 heteroatoms. The Morgan fingerprint density at radius 1 is 0.886 bits per heavy atom. The van der Waals surface area contributed by atoms with E-state index in [9.17, 15) is 9.18 Å². The normalized spacial score (nSPS) is 14.5. The van der Waals surface area contributed by atoms with Gasteiger partial charge in [-0.15, -0.1) is 0 Å². The first-order chi connectivity index (χ1) is 17.1. The molecule has 0 aliphatic carbocycles. The first kappa shape index (κ1) is 22.9. The van der Waals surface area contributed by atoms with Crippen LogP contribution < -0.4 is 5.32 Å². The first-order valence-corrected chi connectivity index (χ1v) is 11.9. The standard InChI is InChI=1S/C29H27FN4O/c30-25-5-3-4-23(18-25)28-12-11-24(19-32-28)29(35)33-26-13-16-34(17-14-26)20-21-7-9-22(10-8-21)27-6-1-2-15-31-27/h1-12,15,18-19,26H,13-14,16-17,20H2,(H,33,35). The molecule has 0 unspecified atom stereocenters. The van der Waals surface area contributed by atoms with Crippen molar-refractivity contribution in [3.63, 3.8) is 0 Å². The largest absolute Gasteiger partial charge is 0.349 e. The van der Waals surface area contributed by atoms with Gasteiger partial charge in [0.15, 0.2) is 0 Å². The molecule has 3 heterocycles. The van der Waals surface area contributed by atoms with E-state index in [0.29, 0.717) is 16.8 Å². The van der Waals surface area contributed by atoms with Crippen LogP contribution in [-0.4, -0.2) is 39.9 Å². The summed E-state index contributed by atoms with van der Waals surface area (Å²) in [6.07, 6.45) is 5.18. The van der Waals surface area contributed by atoms with Crippen molar-refractivity contribution < 1.29 is 9.18 Å². The van der Waals surface area contributed by atoms with Gasteiger partial charge in [0.25, 0.3) is 5.91 Å². The highest BCUT2D eigenvalue weighted by molar-refractivity contribution is 5.94. The second-order valence-electron chi connectivity index (χ2n) is 8.88. The Bertz CT molecular complexity index is 1270. The highest BCUT2D eigenvalue weighted by atomic mass is 19.1. The summed E-state index contributed by atoms with van der Waals surface area (Å²) in [7, 11) is 0. The van der Waals surface area contributed by atoms with E-state index < -0.39 is 0 Å². The van der Waals surface area contributed by atoms with E-state index in [1.54, 1.807) is 30.5 Å². The molecule has 5 rings (SSSR count). The van der Waals surface area contributed by atoms with Gasteiger partial charge in [-0.25, -0.2) is 4.39 Å². The highest BCUT2D eigenvalue weighted by Gasteiger charge is 2.21. The minimum absolute atomic E-state index is 0.119. The molecule has 0 atom stereocenters. The Kier molecular flexibility index (Phi) is 6.91. The van der Waals surface area contributed by atoms with E-state index in [2.05, 4.69) is 44.5 Å². The van der Waals surface area contributed by atoms with Gasteiger partial charge in [-0.05, 0) is 54.8 Å². The number of rotatable bonds is 6. The van der Waals surface area contributed by atoms with E-state index >= 15 is 0 Å². The van der Waals surface area contributed by atoms with Gasteiger partial charge in [-0.1, -0.05) is 42.5 Å². The molecule has 1 saturated heterocycles.